The first-order chi connectivity index (χ1) is 11.6. The number of carbonyl (C=O) groups excluding carboxylic acids is 2. The number of thiophene rings is 1. The SMILES string of the molecule is COc1ccc(C(=O)N2CCCC(C(=O)c3cccs3)C2)c(O)c1. The Morgan fingerprint density at radius 2 is 2.17 bits per heavy atom. The molecule has 1 unspecified atom stereocenters. The number of Topliss-reactive ketones (excluding diaryl/α,β-unsaturated/α-hetero) is 1. The molecule has 1 aliphatic heterocycles. The number of phenolic OH excluding ortho intramolecular Hbond substituents is 1. The van der Waals surface area contributed by atoms with Crippen molar-refractivity contribution in [1.82, 2.24) is 4.90 Å². The fraction of sp³-hybridized carbons (Fsp3) is 0.333. The number of likely N-dealkylation sites (tertiary alicyclic amines) is 1. The van der Waals surface area contributed by atoms with Gasteiger partial charge in [0.05, 0.1) is 17.6 Å². The highest BCUT2D eigenvalue weighted by molar-refractivity contribution is 7.12. The van der Waals surface area contributed by atoms with E-state index in [4.69, 9.17) is 4.74 Å². The maximum Gasteiger partial charge on any atom is 0.257 e. The van der Waals surface area contributed by atoms with Crippen LogP contribution < -0.4 is 4.74 Å². The number of hydrogen-bond acceptors (Lipinski definition) is 5. The molecule has 1 amide bonds. The van der Waals surface area contributed by atoms with E-state index in [1.54, 1.807) is 17.0 Å². The summed E-state index contributed by atoms with van der Waals surface area (Å²) in [4.78, 5) is 27.6. The van der Waals surface area contributed by atoms with Gasteiger partial charge in [0.15, 0.2) is 5.78 Å². The molecule has 1 aromatic carbocycles. The van der Waals surface area contributed by atoms with Crippen LogP contribution in [-0.2, 0) is 0 Å². The lowest BCUT2D eigenvalue weighted by atomic mass is 9.92. The van der Waals surface area contributed by atoms with Crippen LogP contribution in [0.4, 0.5) is 0 Å². The van der Waals surface area contributed by atoms with Crippen LogP contribution in [0.15, 0.2) is 35.7 Å². The summed E-state index contributed by atoms with van der Waals surface area (Å²) >= 11 is 1.43. The molecule has 0 saturated carbocycles. The standard InChI is InChI=1S/C18H19NO4S/c1-23-13-6-7-14(15(20)10-13)18(22)19-8-2-4-12(11-19)17(21)16-5-3-9-24-16/h3,5-7,9-10,12,20H,2,4,8,11H2,1H3. The summed E-state index contributed by atoms with van der Waals surface area (Å²) in [6.07, 6.45) is 1.57. The Kier molecular flexibility index (Phi) is 4.85. The second-order valence-electron chi connectivity index (χ2n) is 5.81. The predicted molar refractivity (Wildman–Crippen MR) is 91.9 cm³/mol. The fourth-order valence-corrected chi connectivity index (χ4v) is 3.73. The van der Waals surface area contributed by atoms with Gasteiger partial charge in [-0.3, -0.25) is 9.59 Å². The molecule has 5 nitrogen and oxygen atoms in total. The van der Waals surface area contributed by atoms with Gasteiger partial charge in [-0.25, -0.2) is 0 Å². The molecule has 6 heteroatoms. The molecule has 2 heterocycles. The van der Waals surface area contributed by atoms with Gasteiger partial charge in [-0.15, -0.1) is 11.3 Å². The number of hydrogen-bond donors (Lipinski definition) is 1. The van der Waals surface area contributed by atoms with Crippen molar-refractivity contribution in [2.75, 3.05) is 20.2 Å². The second-order valence-corrected chi connectivity index (χ2v) is 6.76. The van der Waals surface area contributed by atoms with Gasteiger partial charge in [-0.2, -0.15) is 0 Å². The smallest absolute Gasteiger partial charge is 0.257 e. The molecule has 0 spiro atoms. The van der Waals surface area contributed by atoms with Crippen molar-refractivity contribution in [2.24, 2.45) is 5.92 Å². The second kappa shape index (κ2) is 7.05. The van der Waals surface area contributed by atoms with Crippen LogP contribution in [0.3, 0.4) is 0 Å². The van der Waals surface area contributed by atoms with E-state index in [-0.39, 0.29) is 28.9 Å². The van der Waals surface area contributed by atoms with Gasteiger partial charge in [0.25, 0.3) is 5.91 Å². The summed E-state index contributed by atoms with van der Waals surface area (Å²) in [7, 11) is 1.50. The summed E-state index contributed by atoms with van der Waals surface area (Å²) < 4.78 is 5.04. The molecular weight excluding hydrogens is 326 g/mol. The number of aromatic hydroxyl groups is 1. The lowest BCUT2D eigenvalue weighted by Gasteiger charge is -2.32. The third kappa shape index (κ3) is 3.28. The van der Waals surface area contributed by atoms with Gasteiger partial charge < -0.3 is 14.7 Å². The molecule has 1 aromatic heterocycles. The first kappa shape index (κ1) is 16.5. The Morgan fingerprint density at radius 1 is 1.33 bits per heavy atom. The topological polar surface area (TPSA) is 66.8 Å². The monoisotopic (exact) mass is 345 g/mol. The maximum atomic E-state index is 12.7. The van der Waals surface area contributed by atoms with Gasteiger partial charge >= 0.3 is 0 Å². The van der Waals surface area contributed by atoms with Crippen LogP contribution in [0, 0.1) is 5.92 Å². The van der Waals surface area contributed by atoms with E-state index >= 15 is 0 Å². The van der Waals surface area contributed by atoms with Crippen molar-refractivity contribution in [1.29, 1.82) is 0 Å². The molecule has 1 aliphatic rings. The molecule has 1 N–H and O–H groups in total. The van der Waals surface area contributed by atoms with Gasteiger partial charge in [-0.1, -0.05) is 6.07 Å². The molecule has 1 fully saturated rings. The van der Waals surface area contributed by atoms with E-state index in [0.29, 0.717) is 18.8 Å². The quantitative estimate of drug-likeness (QED) is 0.864. The minimum atomic E-state index is -0.251. The lowest BCUT2D eigenvalue weighted by molar-refractivity contribution is 0.0636. The normalized spacial score (nSPS) is 17.5. The summed E-state index contributed by atoms with van der Waals surface area (Å²) in [5.41, 5.74) is 0.236. The Morgan fingerprint density at radius 3 is 2.83 bits per heavy atom. The van der Waals surface area contributed by atoms with E-state index in [1.807, 2.05) is 17.5 Å². The van der Waals surface area contributed by atoms with E-state index in [0.717, 1.165) is 17.7 Å². The number of nitrogens with zero attached hydrogens (tertiary/aromatic N) is 1. The van der Waals surface area contributed by atoms with Crippen LogP contribution in [0.25, 0.3) is 0 Å². The number of rotatable bonds is 4. The maximum absolute atomic E-state index is 12.7. The highest BCUT2D eigenvalue weighted by atomic mass is 32.1. The number of phenols is 1. The van der Waals surface area contributed by atoms with Crippen molar-refractivity contribution < 1.29 is 19.4 Å². The third-order valence-electron chi connectivity index (χ3n) is 4.28. The predicted octanol–water partition coefficient (Wildman–Crippen LogP) is 3.20. The van der Waals surface area contributed by atoms with Crippen molar-refractivity contribution in [3.05, 3.63) is 46.2 Å². The number of methoxy groups -OCH3 is 1. The van der Waals surface area contributed by atoms with Gasteiger partial charge in [0.2, 0.25) is 0 Å². The van der Waals surface area contributed by atoms with Crippen LogP contribution in [0.5, 0.6) is 11.5 Å². The third-order valence-corrected chi connectivity index (χ3v) is 5.16. The Balaban J connectivity index is 1.74. The summed E-state index contributed by atoms with van der Waals surface area (Å²) in [6, 6.07) is 8.31. The largest absolute Gasteiger partial charge is 0.507 e. The lowest BCUT2D eigenvalue weighted by Crippen LogP contribution is -2.42. The van der Waals surface area contributed by atoms with E-state index in [9.17, 15) is 14.7 Å². The van der Waals surface area contributed by atoms with Gasteiger partial charge in [-0.05, 0) is 36.4 Å². The molecule has 0 radical (unpaired) electrons. The van der Waals surface area contributed by atoms with Crippen LogP contribution >= 0.6 is 11.3 Å². The van der Waals surface area contributed by atoms with Crippen molar-refractivity contribution in [2.45, 2.75) is 12.8 Å². The number of benzene rings is 1. The summed E-state index contributed by atoms with van der Waals surface area (Å²) in [6.45, 7) is 0.986. The zero-order chi connectivity index (χ0) is 17.1. The minimum absolute atomic E-state index is 0.0986. The zero-order valence-electron chi connectivity index (χ0n) is 13.4. The summed E-state index contributed by atoms with van der Waals surface area (Å²) in [5.74, 6) is 0.0570. The number of amides is 1. The van der Waals surface area contributed by atoms with Crippen LogP contribution in [-0.4, -0.2) is 41.9 Å². The van der Waals surface area contributed by atoms with Crippen LogP contribution in [0.2, 0.25) is 0 Å². The number of ketones is 1. The highest BCUT2D eigenvalue weighted by Crippen LogP contribution is 2.28. The Labute approximate surface area is 144 Å². The van der Waals surface area contributed by atoms with Crippen molar-refractivity contribution >= 4 is 23.0 Å². The molecule has 1 saturated heterocycles. The van der Waals surface area contributed by atoms with Crippen molar-refractivity contribution in [3.63, 3.8) is 0 Å². The molecular formula is C18H19NO4S. The number of ether oxygens (including phenoxy) is 1. The zero-order valence-corrected chi connectivity index (χ0v) is 14.2. The average Bonchev–Trinajstić information content (AvgIpc) is 3.15. The van der Waals surface area contributed by atoms with Crippen LogP contribution in [0.1, 0.15) is 32.9 Å². The summed E-state index contributed by atoms with van der Waals surface area (Å²) in [5, 5.41) is 11.9. The molecule has 0 aliphatic carbocycles. The molecule has 0 bridgehead atoms. The highest BCUT2D eigenvalue weighted by Gasteiger charge is 2.30. The molecule has 3 rings (SSSR count). The Bertz CT molecular complexity index is 741. The molecule has 1 atom stereocenters. The Hall–Kier alpha value is -2.34. The first-order valence-electron chi connectivity index (χ1n) is 7.84. The van der Waals surface area contributed by atoms with E-state index in [2.05, 4.69) is 0 Å². The molecule has 2 aromatic rings. The van der Waals surface area contributed by atoms with Gasteiger partial charge in [0.1, 0.15) is 11.5 Å². The fourth-order valence-electron chi connectivity index (χ4n) is 2.99. The van der Waals surface area contributed by atoms with Crippen molar-refractivity contribution in [3.8, 4) is 11.5 Å². The van der Waals surface area contributed by atoms with E-state index in [1.165, 1.54) is 24.5 Å². The average molecular weight is 345 g/mol. The first-order valence-corrected chi connectivity index (χ1v) is 8.72. The molecule has 126 valence electrons. The van der Waals surface area contributed by atoms with Gasteiger partial charge in [0, 0.05) is 25.1 Å². The number of piperidine rings is 1. The molecule has 24 heavy (non-hydrogen) atoms. The number of carbonyl (C=O) groups is 2. The van der Waals surface area contributed by atoms with E-state index < -0.39 is 0 Å². The minimum Gasteiger partial charge on any atom is -0.507 e.